The molecule has 74 valence electrons. The monoisotopic (exact) mass is 192 g/mol. The Morgan fingerprint density at radius 3 is 2.86 bits per heavy atom. The highest BCUT2D eigenvalue weighted by molar-refractivity contribution is 5.34. The van der Waals surface area contributed by atoms with Gasteiger partial charge in [-0.15, -0.1) is 0 Å². The highest BCUT2D eigenvalue weighted by atomic mass is 16.5. The summed E-state index contributed by atoms with van der Waals surface area (Å²) in [6, 6.07) is 6.57. The lowest BCUT2D eigenvalue weighted by Gasteiger charge is -2.06. The molecule has 0 aliphatic carbocycles. The zero-order valence-electron chi connectivity index (χ0n) is 7.77. The van der Waals surface area contributed by atoms with Crippen molar-refractivity contribution in [3.8, 4) is 5.75 Å². The third-order valence-electron chi connectivity index (χ3n) is 2.51. The van der Waals surface area contributed by atoms with Gasteiger partial charge in [0.25, 0.3) is 0 Å². The zero-order valence-corrected chi connectivity index (χ0v) is 7.77. The van der Waals surface area contributed by atoms with Gasteiger partial charge in [-0.25, -0.2) is 0 Å². The molecular weight excluding hydrogens is 180 g/mol. The second-order valence-electron chi connectivity index (χ2n) is 3.45. The van der Waals surface area contributed by atoms with Crippen molar-refractivity contribution in [2.24, 2.45) is 0 Å². The number of rotatable bonds is 1. The summed E-state index contributed by atoms with van der Waals surface area (Å²) in [5.41, 5.74) is 0.384. The average Bonchev–Trinajstić information content (AvgIpc) is 2.64. The molecule has 2 rings (SSSR count). The summed E-state index contributed by atoms with van der Waals surface area (Å²) in [5.74, 6) is 0.0283. The first-order chi connectivity index (χ1) is 6.79. The Balaban J connectivity index is 2.47. The lowest BCUT2D eigenvalue weighted by atomic mass is 9.99. The second kappa shape index (κ2) is 3.80. The molecular formula is C11H12O3. The van der Waals surface area contributed by atoms with Crippen molar-refractivity contribution >= 4 is 0 Å². The molecule has 1 saturated heterocycles. The zero-order chi connectivity index (χ0) is 9.97. The highest BCUT2D eigenvalue weighted by Gasteiger charge is 2.20. The van der Waals surface area contributed by atoms with E-state index >= 15 is 0 Å². The third-order valence-corrected chi connectivity index (χ3v) is 2.51. The van der Waals surface area contributed by atoms with E-state index in [4.69, 9.17) is 4.74 Å². The molecule has 1 aromatic rings. The molecule has 0 amide bonds. The summed E-state index contributed by atoms with van der Waals surface area (Å²) in [6.07, 6.45) is 0.872. The molecule has 1 fully saturated rings. The first-order valence-electron chi connectivity index (χ1n) is 4.69. The van der Waals surface area contributed by atoms with E-state index in [9.17, 15) is 9.90 Å². The van der Waals surface area contributed by atoms with Gasteiger partial charge in [0.2, 0.25) is 5.43 Å². The maximum Gasteiger partial charge on any atom is 0.220 e. The first-order valence-corrected chi connectivity index (χ1v) is 4.69. The van der Waals surface area contributed by atoms with Gasteiger partial charge in [-0.3, -0.25) is 4.79 Å². The molecule has 0 radical (unpaired) electrons. The predicted octanol–water partition coefficient (Wildman–Crippen LogP) is 1.26. The fraction of sp³-hybridized carbons (Fsp3) is 0.364. The van der Waals surface area contributed by atoms with Crippen LogP contribution in [0.25, 0.3) is 0 Å². The lowest BCUT2D eigenvalue weighted by molar-refractivity contribution is 0.193. The van der Waals surface area contributed by atoms with Gasteiger partial charge >= 0.3 is 0 Å². The van der Waals surface area contributed by atoms with E-state index in [1.165, 1.54) is 6.07 Å². The SMILES string of the molecule is O=c1ccccc([C@@H]2CCOC2)c1O. The van der Waals surface area contributed by atoms with Crippen LogP contribution in [0.15, 0.2) is 29.1 Å². The molecule has 1 aromatic carbocycles. The van der Waals surface area contributed by atoms with Crippen LogP contribution in [0.4, 0.5) is 0 Å². The van der Waals surface area contributed by atoms with Gasteiger partial charge in [0.05, 0.1) is 6.61 Å². The van der Waals surface area contributed by atoms with Crippen LogP contribution in [0.3, 0.4) is 0 Å². The van der Waals surface area contributed by atoms with Crippen LogP contribution in [-0.2, 0) is 4.74 Å². The molecule has 0 unspecified atom stereocenters. The number of aromatic hydroxyl groups is 1. The number of hydrogen-bond acceptors (Lipinski definition) is 3. The average molecular weight is 192 g/mol. The van der Waals surface area contributed by atoms with E-state index in [0.29, 0.717) is 18.8 Å². The van der Waals surface area contributed by atoms with E-state index in [2.05, 4.69) is 0 Å². The van der Waals surface area contributed by atoms with E-state index in [0.717, 1.165) is 6.42 Å². The Morgan fingerprint density at radius 1 is 1.36 bits per heavy atom. The summed E-state index contributed by atoms with van der Waals surface area (Å²) in [5, 5.41) is 9.65. The maximum atomic E-state index is 11.3. The molecule has 1 atom stereocenters. The summed E-state index contributed by atoms with van der Waals surface area (Å²) < 4.78 is 5.22. The number of ether oxygens (including phenoxy) is 1. The fourth-order valence-corrected chi connectivity index (χ4v) is 1.71. The van der Waals surface area contributed by atoms with E-state index in [-0.39, 0.29) is 17.1 Å². The molecule has 1 heterocycles. The van der Waals surface area contributed by atoms with E-state index < -0.39 is 0 Å². The summed E-state index contributed by atoms with van der Waals surface area (Å²) in [6.45, 7) is 1.30. The van der Waals surface area contributed by atoms with Crippen molar-refractivity contribution in [2.75, 3.05) is 13.2 Å². The van der Waals surface area contributed by atoms with Crippen molar-refractivity contribution in [1.29, 1.82) is 0 Å². The normalized spacial score (nSPS) is 21.0. The van der Waals surface area contributed by atoms with Gasteiger partial charge in [0, 0.05) is 18.1 Å². The van der Waals surface area contributed by atoms with Crippen molar-refractivity contribution in [2.45, 2.75) is 12.3 Å². The van der Waals surface area contributed by atoms with Gasteiger partial charge in [0.1, 0.15) is 0 Å². The minimum absolute atomic E-state index is 0.134. The standard InChI is InChI=1S/C11H12O3/c12-10-4-2-1-3-9(11(10)13)8-5-6-14-7-8/h1-4,8H,5-7H2,(H,12,13)/t8-/m1/s1. The molecule has 3 heteroatoms. The van der Waals surface area contributed by atoms with Crippen LogP contribution < -0.4 is 5.43 Å². The largest absolute Gasteiger partial charge is 0.504 e. The Morgan fingerprint density at radius 2 is 2.14 bits per heavy atom. The van der Waals surface area contributed by atoms with Crippen LogP contribution in [0.2, 0.25) is 0 Å². The molecule has 14 heavy (non-hydrogen) atoms. The third kappa shape index (κ3) is 1.63. The molecule has 0 spiro atoms. The van der Waals surface area contributed by atoms with Gasteiger partial charge in [0.15, 0.2) is 5.75 Å². The molecule has 1 aliphatic rings. The van der Waals surface area contributed by atoms with Crippen molar-refractivity contribution in [3.63, 3.8) is 0 Å². The van der Waals surface area contributed by atoms with Gasteiger partial charge in [-0.05, 0) is 12.5 Å². The number of hydrogen-bond donors (Lipinski definition) is 1. The second-order valence-corrected chi connectivity index (χ2v) is 3.45. The van der Waals surface area contributed by atoms with Crippen LogP contribution in [0.1, 0.15) is 17.9 Å². The minimum atomic E-state index is -0.322. The molecule has 0 saturated carbocycles. The topological polar surface area (TPSA) is 46.5 Å². The molecule has 1 N–H and O–H groups in total. The highest BCUT2D eigenvalue weighted by Crippen LogP contribution is 2.28. The van der Waals surface area contributed by atoms with Gasteiger partial charge < -0.3 is 9.84 Å². The molecule has 0 bridgehead atoms. The van der Waals surface area contributed by atoms with Crippen molar-refractivity contribution < 1.29 is 9.84 Å². The molecule has 1 aliphatic heterocycles. The van der Waals surface area contributed by atoms with Crippen molar-refractivity contribution in [3.05, 3.63) is 40.1 Å². The van der Waals surface area contributed by atoms with Crippen molar-refractivity contribution in [1.82, 2.24) is 0 Å². The van der Waals surface area contributed by atoms with Gasteiger partial charge in [-0.2, -0.15) is 0 Å². The summed E-state index contributed by atoms with van der Waals surface area (Å²) in [7, 11) is 0. The van der Waals surface area contributed by atoms with Gasteiger partial charge in [-0.1, -0.05) is 18.2 Å². The Labute approximate surface area is 82.0 Å². The van der Waals surface area contributed by atoms with E-state index in [1.54, 1.807) is 18.2 Å². The first kappa shape index (κ1) is 9.21. The molecule has 0 aromatic heterocycles. The summed E-state index contributed by atoms with van der Waals surface area (Å²) in [4.78, 5) is 11.3. The van der Waals surface area contributed by atoms with Crippen LogP contribution >= 0.6 is 0 Å². The quantitative estimate of drug-likeness (QED) is 0.728. The van der Waals surface area contributed by atoms with E-state index in [1.807, 2.05) is 0 Å². The lowest BCUT2D eigenvalue weighted by Crippen LogP contribution is -2.02. The Bertz CT molecular complexity index is 381. The van der Waals surface area contributed by atoms with Crippen LogP contribution in [0, 0.1) is 0 Å². The maximum absolute atomic E-state index is 11.3. The summed E-state index contributed by atoms with van der Waals surface area (Å²) >= 11 is 0. The predicted molar refractivity (Wildman–Crippen MR) is 52.6 cm³/mol. The minimum Gasteiger partial charge on any atom is -0.504 e. The Kier molecular flexibility index (Phi) is 2.50. The fourth-order valence-electron chi connectivity index (χ4n) is 1.71. The molecule has 3 nitrogen and oxygen atoms in total. The Hall–Kier alpha value is -1.35. The van der Waals surface area contributed by atoms with Crippen LogP contribution in [-0.4, -0.2) is 18.3 Å². The smallest absolute Gasteiger partial charge is 0.220 e. The van der Waals surface area contributed by atoms with Crippen LogP contribution in [0.5, 0.6) is 5.75 Å².